The van der Waals surface area contributed by atoms with Crippen LogP contribution in [0.5, 0.6) is 0 Å². The average Bonchev–Trinajstić information content (AvgIpc) is 2.72. The molecule has 0 fully saturated rings. The van der Waals surface area contributed by atoms with Gasteiger partial charge in [0.25, 0.3) is 0 Å². The average molecular weight is 228 g/mol. The van der Waals surface area contributed by atoms with Gasteiger partial charge in [-0.25, -0.2) is 9.67 Å². The number of hydrogen-bond acceptors (Lipinski definition) is 5. The van der Waals surface area contributed by atoms with Crippen LogP contribution in [0.1, 0.15) is 19.2 Å². The lowest BCUT2D eigenvalue weighted by molar-refractivity contribution is 0.127. The molecule has 0 amide bonds. The van der Waals surface area contributed by atoms with Crippen molar-refractivity contribution in [1.82, 2.24) is 20.1 Å². The smallest absolute Gasteiger partial charge is 0.140 e. The summed E-state index contributed by atoms with van der Waals surface area (Å²) in [4.78, 5) is 4.17. The molecule has 16 heavy (non-hydrogen) atoms. The Hall–Kier alpha value is -0.980. The van der Waals surface area contributed by atoms with Gasteiger partial charge in [0, 0.05) is 13.7 Å². The third kappa shape index (κ3) is 3.88. The molecule has 0 saturated heterocycles. The third-order valence-corrected chi connectivity index (χ3v) is 2.27. The van der Waals surface area contributed by atoms with E-state index in [1.165, 1.54) is 0 Å². The molecule has 6 nitrogen and oxygen atoms in total. The molecule has 6 heteroatoms. The van der Waals surface area contributed by atoms with Crippen LogP contribution >= 0.6 is 0 Å². The van der Waals surface area contributed by atoms with Crippen LogP contribution in [0, 0.1) is 0 Å². The summed E-state index contributed by atoms with van der Waals surface area (Å²) in [6.45, 7) is 4.09. The largest absolute Gasteiger partial charge is 0.395 e. The number of ether oxygens (including phenoxy) is 1. The van der Waals surface area contributed by atoms with Crippen LogP contribution in [0.25, 0.3) is 0 Å². The van der Waals surface area contributed by atoms with Gasteiger partial charge in [0.1, 0.15) is 12.2 Å². The first-order chi connectivity index (χ1) is 7.81. The summed E-state index contributed by atoms with van der Waals surface area (Å²) in [5.41, 5.74) is 0. The molecule has 1 rings (SSSR count). The van der Waals surface area contributed by atoms with Crippen molar-refractivity contribution >= 4 is 0 Å². The number of methoxy groups -OCH3 is 1. The lowest BCUT2D eigenvalue weighted by atomic mass is 10.3. The number of aromatic nitrogens is 3. The summed E-state index contributed by atoms with van der Waals surface area (Å²) in [6.07, 6.45) is 2.58. The van der Waals surface area contributed by atoms with Gasteiger partial charge in [0.05, 0.1) is 25.8 Å². The molecule has 0 aliphatic carbocycles. The molecule has 1 aromatic rings. The summed E-state index contributed by atoms with van der Waals surface area (Å²) in [5.74, 6) is 0.886. The maximum atomic E-state index is 9.07. The van der Waals surface area contributed by atoms with E-state index in [1.54, 1.807) is 13.4 Å². The van der Waals surface area contributed by atoms with Crippen LogP contribution in [0.15, 0.2) is 6.33 Å². The van der Waals surface area contributed by atoms with Crippen molar-refractivity contribution in [1.29, 1.82) is 0 Å². The van der Waals surface area contributed by atoms with Crippen LogP contribution in [-0.2, 0) is 17.8 Å². The fourth-order valence-corrected chi connectivity index (χ4v) is 1.44. The molecule has 1 heterocycles. The standard InChI is InChI=1S/C10H20N4O2/c1-3-4-14-10(12-8-13-14)5-11-9(6-15)7-16-2/h8-9,11,15H,3-7H2,1-2H3. The van der Waals surface area contributed by atoms with Crippen molar-refractivity contribution < 1.29 is 9.84 Å². The van der Waals surface area contributed by atoms with Gasteiger partial charge in [-0.15, -0.1) is 0 Å². The van der Waals surface area contributed by atoms with Gasteiger partial charge in [-0.3, -0.25) is 0 Å². The number of nitrogens with one attached hydrogen (secondary N) is 1. The van der Waals surface area contributed by atoms with E-state index in [9.17, 15) is 0 Å². The van der Waals surface area contributed by atoms with E-state index in [1.807, 2.05) is 4.68 Å². The lowest BCUT2D eigenvalue weighted by Gasteiger charge is -2.14. The Morgan fingerprint density at radius 2 is 2.44 bits per heavy atom. The molecule has 0 saturated carbocycles. The highest BCUT2D eigenvalue weighted by atomic mass is 16.5. The normalized spacial score (nSPS) is 12.9. The molecule has 0 bridgehead atoms. The Morgan fingerprint density at radius 1 is 1.62 bits per heavy atom. The summed E-state index contributed by atoms with van der Waals surface area (Å²) >= 11 is 0. The number of aliphatic hydroxyl groups is 1. The topological polar surface area (TPSA) is 72.2 Å². The molecule has 0 spiro atoms. The Kier molecular flexibility index (Phi) is 5.99. The molecule has 1 aromatic heterocycles. The maximum absolute atomic E-state index is 9.07. The number of rotatable bonds is 8. The lowest BCUT2D eigenvalue weighted by Crippen LogP contribution is -2.36. The predicted octanol–water partition coefficient (Wildman–Crippen LogP) is -0.215. The van der Waals surface area contributed by atoms with Gasteiger partial charge in [-0.05, 0) is 6.42 Å². The Morgan fingerprint density at radius 3 is 3.06 bits per heavy atom. The highest BCUT2D eigenvalue weighted by molar-refractivity contribution is 4.84. The number of nitrogens with zero attached hydrogens (tertiary/aromatic N) is 3. The van der Waals surface area contributed by atoms with E-state index >= 15 is 0 Å². The second-order valence-corrected chi connectivity index (χ2v) is 3.62. The van der Waals surface area contributed by atoms with Crippen molar-refractivity contribution in [3.8, 4) is 0 Å². The van der Waals surface area contributed by atoms with Crippen LogP contribution < -0.4 is 5.32 Å². The zero-order valence-corrected chi connectivity index (χ0v) is 9.89. The van der Waals surface area contributed by atoms with Crippen LogP contribution in [0.3, 0.4) is 0 Å². The number of aryl methyl sites for hydroxylation is 1. The van der Waals surface area contributed by atoms with Gasteiger partial charge in [0.15, 0.2) is 0 Å². The highest BCUT2D eigenvalue weighted by Gasteiger charge is 2.08. The molecule has 0 aliphatic rings. The zero-order valence-electron chi connectivity index (χ0n) is 9.89. The van der Waals surface area contributed by atoms with Gasteiger partial charge in [0.2, 0.25) is 0 Å². The van der Waals surface area contributed by atoms with E-state index in [4.69, 9.17) is 9.84 Å². The molecule has 0 aliphatic heterocycles. The molecule has 1 unspecified atom stereocenters. The maximum Gasteiger partial charge on any atom is 0.140 e. The van der Waals surface area contributed by atoms with E-state index in [2.05, 4.69) is 22.3 Å². The van der Waals surface area contributed by atoms with E-state index in [0.29, 0.717) is 13.2 Å². The summed E-state index contributed by atoms with van der Waals surface area (Å²) < 4.78 is 6.85. The minimum Gasteiger partial charge on any atom is -0.395 e. The van der Waals surface area contributed by atoms with Crippen molar-refractivity contribution in [2.45, 2.75) is 32.5 Å². The van der Waals surface area contributed by atoms with Crippen LogP contribution in [0.2, 0.25) is 0 Å². The summed E-state index contributed by atoms with van der Waals surface area (Å²) in [7, 11) is 1.62. The van der Waals surface area contributed by atoms with E-state index < -0.39 is 0 Å². The van der Waals surface area contributed by atoms with Gasteiger partial charge < -0.3 is 15.2 Å². The SMILES string of the molecule is CCCn1ncnc1CNC(CO)COC. The number of aliphatic hydroxyl groups excluding tert-OH is 1. The van der Waals surface area contributed by atoms with Gasteiger partial charge in [-0.1, -0.05) is 6.92 Å². The molecule has 0 radical (unpaired) electrons. The Bertz CT molecular complexity index is 290. The molecule has 92 valence electrons. The van der Waals surface area contributed by atoms with Crippen molar-refractivity contribution in [3.05, 3.63) is 12.2 Å². The summed E-state index contributed by atoms with van der Waals surface area (Å²) in [5, 5.41) is 16.4. The first-order valence-electron chi connectivity index (χ1n) is 5.51. The van der Waals surface area contributed by atoms with E-state index in [0.717, 1.165) is 18.8 Å². The van der Waals surface area contributed by atoms with E-state index in [-0.39, 0.29) is 12.6 Å². The van der Waals surface area contributed by atoms with Gasteiger partial charge >= 0.3 is 0 Å². The molecule has 2 N–H and O–H groups in total. The zero-order chi connectivity index (χ0) is 11.8. The minimum atomic E-state index is -0.0585. The monoisotopic (exact) mass is 228 g/mol. The molecular formula is C10H20N4O2. The second kappa shape index (κ2) is 7.32. The molecular weight excluding hydrogens is 208 g/mol. The van der Waals surface area contributed by atoms with Crippen LogP contribution in [0.4, 0.5) is 0 Å². The quantitative estimate of drug-likeness (QED) is 0.644. The predicted molar refractivity (Wildman–Crippen MR) is 59.9 cm³/mol. The Labute approximate surface area is 95.6 Å². The first-order valence-corrected chi connectivity index (χ1v) is 5.51. The van der Waals surface area contributed by atoms with Crippen molar-refractivity contribution in [2.75, 3.05) is 20.3 Å². The molecule has 0 aromatic carbocycles. The second-order valence-electron chi connectivity index (χ2n) is 3.62. The third-order valence-electron chi connectivity index (χ3n) is 2.27. The fourth-order valence-electron chi connectivity index (χ4n) is 1.44. The molecule has 1 atom stereocenters. The van der Waals surface area contributed by atoms with Crippen molar-refractivity contribution in [2.24, 2.45) is 0 Å². The van der Waals surface area contributed by atoms with Gasteiger partial charge in [-0.2, -0.15) is 5.10 Å². The first kappa shape index (κ1) is 13.1. The van der Waals surface area contributed by atoms with Crippen LogP contribution in [-0.4, -0.2) is 46.2 Å². The highest BCUT2D eigenvalue weighted by Crippen LogP contribution is 1.96. The Balaban J connectivity index is 2.43. The fraction of sp³-hybridized carbons (Fsp3) is 0.800. The summed E-state index contributed by atoms with van der Waals surface area (Å²) in [6, 6.07) is -0.0585. The van der Waals surface area contributed by atoms with Crippen molar-refractivity contribution in [3.63, 3.8) is 0 Å². The number of hydrogen-bond donors (Lipinski definition) is 2. The minimum absolute atomic E-state index is 0.0513.